The smallest absolute Gasteiger partial charge is 0.265 e. The molecule has 0 unspecified atom stereocenters. The van der Waals surface area contributed by atoms with Gasteiger partial charge in [0.1, 0.15) is 23.1 Å². The maximum atomic E-state index is 13.3. The van der Waals surface area contributed by atoms with Crippen molar-refractivity contribution in [2.45, 2.75) is 30.7 Å². The highest BCUT2D eigenvalue weighted by atomic mass is 35.5. The minimum absolute atomic E-state index is 0.0343. The zero-order chi connectivity index (χ0) is 18.2. The standard InChI is InChI=1S/C17H18ClFN2O3S/c1-2-10-3-6-16(17-13(10)7-11(20)9-24-17)25(22,23)21-12-4-5-15(19)14(18)8-12/h3-6,8,11,21H,2,7,9,20H2,1H3/t11-/m1/s1. The van der Waals surface area contributed by atoms with E-state index in [4.69, 9.17) is 22.1 Å². The molecule has 0 aromatic heterocycles. The Morgan fingerprint density at radius 3 is 2.80 bits per heavy atom. The van der Waals surface area contributed by atoms with Crippen molar-refractivity contribution in [1.82, 2.24) is 0 Å². The number of aryl methyl sites for hydroxylation is 1. The number of rotatable bonds is 4. The molecule has 2 aromatic rings. The van der Waals surface area contributed by atoms with Gasteiger partial charge in [0.05, 0.1) is 10.7 Å². The number of nitrogens with two attached hydrogens (primary N) is 1. The molecule has 0 bridgehead atoms. The van der Waals surface area contributed by atoms with Gasteiger partial charge < -0.3 is 10.5 Å². The fourth-order valence-electron chi connectivity index (χ4n) is 2.85. The second-order valence-electron chi connectivity index (χ2n) is 5.89. The van der Waals surface area contributed by atoms with Crippen LogP contribution in [0.2, 0.25) is 5.02 Å². The van der Waals surface area contributed by atoms with Crippen LogP contribution in [0.25, 0.3) is 0 Å². The van der Waals surface area contributed by atoms with Gasteiger partial charge in [-0.2, -0.15) is 0 Å². The second kappa shape index (κ2) is 6.82. The van der Waals surface area contributed by atoms with Gasteiger partial charge >= 0.3 is 0 Å². The summed E-state index contributed by atoms with van der Waals surface area (Å²) < 4.78 is 46.9. The van der Waals surface area contributed by atoms with Crippen molar-refractivity contribution in [3.8, 4) is 5.75 Å². The minimum Gasteiger partial charge on any atom is -0.490 e. The summed E-state index contributed by atoms with van der Waals surface area (Å²) in [5, 5.41) is -0.161. The van der Waals surface area contributed by atoms with E-state index >= 15 is 0 Å². The molecule has 0 fully saturated rings. The van der Waals surface area contributed by atoms with E-state index in [9.17, 15) is 12.8 Å². The quantitative estimate of drug-likeness (QED) is 0.848. The van der Waals surface area contributed by atoms with E-state index < -0.39 is 15.8 Å². The first-order valence-electron chi connectivity index (χ1n) is 7.83. The Hall–Kier alpha value is -1.83. The highest BCUT2D eigenvalue weighted by Gasteiger charge is 2.28. The summed E-state index contributed by atoms with van der Waals surface area (Å²) in [7, 11) is -3.92. The van der Waals surface area contributed by atoms with E-state index in [0.29, 0.717) is 12.2 Å². The van der Waals surface area contributed by atoms with E-state index in [1.165, 1.54) is 18.2 Å². The first-order chi connectivity index (χ1) is 11.8. The lowest BCUT2D eigenvalue weighted by molar-refractivity contribution is 0.255. The molecule has 2 aromatic carbocycles. The first kappa shape index (κ1) is 18.0. The van der Waals surface area contributed by atoms with Crippen molar-refractivity contribution < 1.29 is 17.5 Å². The fraction of sp³-hybridized carbons (Fsp3) is 0.294. The molecule has 25 heavy (non-hydrogen) atoms. The number of nitrogens with one attached hydrogen (secondary N) is 1. The Labute approximate surface area is 151 Å². The second-order valence-corrected chi connectivity index (χ2v) is 7.95. The summed E-state index contributed by atoms with van der Waals surface area (Å²) in [6.45, 7) is 2.24. The lowest BCUT2D eigenvalue weighted by atomic mass is 9.96. The van der Waals surface area contributed by atoms with E-state index in [1.807, 2.05) is 6.92 Å². The fourth-order valence-corrected chi connectivity index (χ4v) is 4.25. The van der Waals surface area contributed by atoms with Crippen LogP contribution in [0.3, 0.4) is 0 Å². The van der Waals surface area contributed by atoms with E-state index in [1.54, 1.807) is 6.07 Å². The van der Waals surface area contributed by atoms with Crippen molar-refractivity contribution in [2.24, 2.45) is 5.73 Å². The number of sulfonamides is 1. The SMILES string of the molecule is CCc1ccc(S(=O)(=O)Nc2ccc(F)c(Cl)c2)c2c1C[C@@H](N)CO2. The van der Waals surface area contributed by atoms with Crippen LogP contribution in [0.4, 0.5) is 10.1 Å². The average molecular weight is 385 g/mol. The van der Waals surface area contributed by atoms with Gasteiger partial charge in [0.15, 0.2) is 0 Å². The van der Waals surface area contributed by atoms with E-state index in [-0.39, 0.29) is 28.3 Å². The molecule has 0 spiro atoms. The number of anilines is 1. The van der Waals surface area contributed by atoms with Gasteiger partial charge in [0.2, 0.25) is 0 Å². The summed E-state index contributed by atoms with van der Waals surface area (Å²) in [5.74, 6) is -0.284. The van der Waals surface area contributed by atoms with Crippen molar-refractivity contribution >= 4 is 27.3 Å². The van der Waals surface area contributed by atoms with Crippen molar-refractivity contribution in [2.75, 3.05) is 11.3 Å². The Kier molecular flexibility index (Phi) is 4.90. The molecule has 1 aliphatic heterocycles. The van der Waals surface area contributed by atoms with Crippen LogP contribution in [0, 0.1) is 5.82 Å². The molecule has 1 heterocycles. The molecule has 5 nitrogen and oxygen atoms in total. The maximum absolute atomic E-state index is 13.3. The third kappa shape index (κ3) is 3.58. The highest BCUT2D eigenvalue weighted by Crippen LogP contribution is 2.36. The van der Waals surface area contributed by atoms with Gasteiger partial charge in [0, 0.05) is 11.6 Å². The molecule has 3 N–H and O–H groups in total. The summed E-state index contributed by atoms with van der Waals surface area (Å²) in [5.41, 5.74) is 7.95. The normalized spacial score (nSPS) is 16.9. The maximum Gasteiger partial charge on any atom is 0.265 e. The summed E-state index contributed by atoms with van der Waals surface area (Å²) in [4.78, 5) is 0.0343. The average Bonchev–Trinajstić information content (AvgIpc) is 2.56. The first-order valence-corrected chi connectivity index (χ1v) is 9.69. The molecule has 134 valence electrons. The van der Waals surface area contributed by atoms with Crippen molar-refractivity contribution in [1.29, 1.82) is 0 Å². The molecule has 0 aliphatic carbocycles. The molecule has 0 radical (unpaired) electrons. The molecule has 0 saturated heterocycles. The topological polar surface area (TPSA) is 81.4 Å². The van der Waals surface area contributed by atoms with Gasteiger partial charge in [0.25, 0.3) is 10.0 Å². The van der Waals surface area contributed by atoms with Gasteiger partial charge in [-0.25, -0.2) is 12.8 Å². The van der Waals surface area contributed by atoms with Gasteiger partial charge in [-0.3, -0.25) is 4.72 Å². The van der Waals surface area contributed by atoms with Gasteiger partial charge in [-0.15, -0.1) is 0 Å². The van der Waals surface area contributed by atoms with Crippen molar-refractivity contribution in [3.05, 3.63) is 52.3 Å². The predicted molar refractivity (Wildman–Crippen MR) is 95.2 cm³/mol. The molecular formula is C17H18ClFN2O3S. The Balaban J connectivity index is 2.02. The number of ether oxygens (including phenoxy) is 1. The van der Waals surface area contributed by atoms with Crippen LogP contribution in [0.15, 0.2) is 35.2 Å². The molecule has 0 saturated carbocycles. The van der Waals surface area contributed by atoms with Crippen LogP contribution >= 0.6 is 11.6 Å². The zero-order valence-electron chi connectivity index (χ0n) is 13.6. The van der Waals surface area contributed by atoms with E-state index in [0.717, 1.165) is 23.6 Å². The highest BCUT2D eigenvalue weighted by molar-refractivity contribution is 7.92. The summed E-state index contributed by atoms with van der Waals surface area (Å²) in [6, 6.07) is 6.75. The summed E-state index contributed by atoms with van der Waals surface area (Å²) >= 11 is 5.71. The minimum atomic E-state index is -3.92. The number of hydrogen-bond acceptors (Lipinski definition) is 4. The summed E-state index contributed by atoms with van der Waals surface area (Å²) in [6.07, 6.45) is 1.31. The lowest BCUT2D eigenvalue weighted by Crippen LogP contribution is -2.35. The van der Waals surface area contributed by atoms with Crippen LogP contribution in [-0.2, 0) is 22.9 Å². The van der Waals surface area contributed by atoms with Crippen LogP contribution in [0.1, 0.15) is 18.1 Å². The monoisotopic (exact) mass is 384 g/mol. The molecule has 3 rings (SSSR count). The third-order valence-electron chi connectivity index (χ3n) is 4.07. The van der Waals surface area contributed by atoms with Crippen LogP contribution in [0.5, 0.6) is 5.75 Å². The Morgan fingerprint density at radius 2 is 2.12 bits per heavy atom. The third-order valence-corrected chi connectivity index (χ3v) is 5.77. The molecule has 1 aliphatic rings. The van der Waals surface area contributed by atoms with Crippen LogP contribution in [-0.4, -0.2) is 21.1 Å². The molecular weight excluding hydrogens is 367 g/mol. The Morgan fingerprint density at radius 1 is 1.36 bits per heavy atom. The largest absolute Gasteiger partial charge is 0.490 e. The molecule has 1 atom stereocenters. The van der Waals surface area contributed by atoms with Gasteiger partial charge in [-0.1, -0.05) is 24.6 Å². The number of fused-ring (bicyclic) bond motifs is 1. The molecule has 0 amide bonds. The predicted octanol–water partition coefficient (Wildman–Crippen LogP) is 3.10. The molecule has 8 heteroatoms. The van der Waals surface area contributed by atoms with Crippen LogP contribution < -0.4 is 15.2 Å². The van der Waals surface area contributed by atoms with Crippen molar-refractivity contribution in [3.63, 3.8) is 0 Å². The van der Waals surface area contributed by atoms with E-state index in [2.05, 4.69) is 4.72 Å². The lowest BCUT2D eigenvalue weighted by Gasteiger charge is -2.26. The number of benzene rings is 2. The van der Waals surface area contributed by atoms with Gasteiger partial charge in [-0.05, 0) is 42.7 Å². The number of halogens is 2. The zero-order valence-corrected chi connectivity index (χ0v) is 15.1. The Bertz CT molecular complexity index is 918. The number of hydrogen-bond donors (Lipinski definition) is 2.